The van der Waals surface area contributed by atoms with Crippen LogP contribution in [0.5, 0.6) is 0 Å². The first-order valence-electron chi connectivity index (χ1n) is 9.80. The number of amides is 1. The Hall–Kier alpha value is -1.95. The number of carbonyl (C=O) groups excluding carboxylic acids is 1. The number of likely N-dealkylation sites (tertiary alicyclic amines) is 1. The molecular formula is C22H24ClN3OS. The van der Waals surface area contributed by atoms with E-state index >= 15 is 0 Å². The van der Waals surface area contributed by atoms with E-state index in [0.29, 0.717) is 13.1 Å². The number of halogens is 1. The molecule has 0 unspecified atom stereocenters. The van der Waals surface area contributed by atoms with Gasteiger partial charge in [0.05, 0.1) is 22.8 Å². The van der Waals surface area contributed by atoms with Crippen molar-refractivity contribution in [3.05, 3.63) is 64.1 Å². The molecule has 0 saturated carbocycles. The van der Waals surface area contributed by atoms with E-state index in [-0.39, 0.29) is 11.9 Å². The van der Waals surface area contributed by atoms with E-state index < -0.39 is 0 Å². The predicted molar refractivity (Wildman–Crippen MR) is 116 cm³/mol. The number of para-hydroxylation sites is 1. The van der Waals surface area contributed by atoms with Gasteiger partial charge in [-0.1, -0.05) is 42.3 Å². The zero-order valence-corrected chi connectivity index (χ0v) is 17.3. The fraction of sp³-hybridized carbons (Fsp3) is 0.364. The number of rotatable bonds is 6. The van der Waals surface area contributed by atoms with Crippen LogP contribution in [0.4, 0.5) is 0 Å². The number of hydrogen-bond acceptors (Lipinski definition) is 4. The Balaban J connectivity index is 1.35. The van der Waals surface area contributed by atoms with Crippen LogP contribution in [-0.2, 0) is 11.2 Å². The molecule has 2 aromatic carbocycles. The normalized spacial score (nSPS) is 17.7. The molecule has 0 radical (unpaired) electrons. The number of carbonyl (C=O) groups is 1. The Morgan fingerprint density at radius 3 is 2.82 bits per heavy atom. The number of hydrogen-bond donors (Lipinski definition) is 1. The van der Waals surface area contributed by atoms with Crippen molar-refractivity contribution >= 4 is 39.1 Å². The number of piperidine rings is 1. The minimum atomic E-state index is 0.0852. The second-order valence-electron chi connectivity index (χ2n) is 7.23. The van der Waals surface area contributed by atoms with Gasteiger partial charge in [-0.25, -0.2) is 4.98 Å². The van der Waals surface area contributed by atoms with Gasteiger partial charge in [-0.15, -0.1) is 11.3 Å². The number of thiazole rings is 1. The summed E-state index contributed by atoms with van der Waals surface area (Å²) in [6.07, 6.45) is 4.21. The number of aromatic nitrogens is 1. The molecule has 1 aliphatic rings. The summed E-state index contributed by atoms with van der Waals surface area (Å²) in [7, 11) is 0. The average molecular weight is 414 g/mol. The summed E-state index contributed by atoms with van der Waals surface area (Å²) in [6.45, 7) is 2.02. The van der Waals surface area contributed by atoms with Gasteiger partial charge in [0.25, 0.3) is 0 Å². The van der Waals surface area contributed by atoms with Crippen LogP contribution in [0.2, 0.25) is 5.02 Å². The van der Waals surface area contributed by atoms with Gasteiger partial charge in [-0.2, -0.15) is 0 Å². The highest BCUT2D eigenvalue weighted by molar-refractivity contribution is 7.18. The topological polar surface area (TPSA) is 45.2 Å². The minimum absolute atomic E-state index is 0.0852. The third kappa shape index (κ3) is 4.72. The molecule has 1 amide bonds. The van der Waals surface area contributed by atoms with Crippen LogP contribution < -0.4 is 5.32 Å². The Morgan fingerprint density at radius 1 is 1.18 bits per heavy atom. The molecule has 3 aromatic rings. The second kappa shape index (κ2) is 9.03. The first-order valence-corrected chi connectivity index (χ1v) is 11.0. The van der Waals surface area contributed by atoms with Crippen molar-refractivity contribution < 1.29 is 4.79 Å². The van der Waals surface area contributed by atoms with Crippen molar-refractivity contribution in [1.29, 1.82) is 0 Å². The highest BCUT2D eigenvalue weighted by Crippen LogP contribution is 2.35. The van der Waals surface area contributed by atoms with E-state index in [1.807, 2.05) is 30.3 Å². The van der Waals surface area contributed by atoms with Gasteiger partial charge in [0.15, 0.2) is 0 Å². The molecule has 0 bridgehead atoms. The van der Waals surface area contributed by atoms with Crippen molar-refractivity contribution in [2.75, 3.05) is 19.6 Å². The largest absolute Gasteiger partial charge is 0.355 e. The van der Waals surface area contributed by atoms with E-state index in [2.05, 4.69) is 28.4 Å². The summed E-state index contributed by atoms with van der Waals surface area (Å²) in [5.41, 5.74) is 2.23. The lowest BCUT2D eigenvalue weighted by Gasteiger charge is -2.33. The van der Waals surface area contributed by atoms with Crippen molar-refractivity contribution in [3.63, 3.8) is 0 Å². The molecule has 1 N–H and O–H groups in total. The van der Waals surface area contributed by atoms with Gasteiger partial charge in [0, 0.05) is 11.6 Å². The van der Waals surface area contributed by atoms with Crippen molar-refractivity contribution in [1.82, 2.24) is 15.2 Å². The maximum atomic E-state index is 12.5. The van der Waals surface area contributed by atoms with Crippen LogP contribution in [0.3, 0.4) is 0 Å². The number of nitrogens with one attached hydrogen (secondary N) is 1. The molecule has 0 spiro atoms. The van der Waals surface area contributed by atoms with E-state index in [9.17, 15) is 4.79 Å². The van der Waals surface area contributed by atoms with Crippen LogP contribution in [0.25, 0.3) is 10.2 Å². The molecule has 4 rings (SSSR count). The van der Waals surface area contributed by atoms with Crippen LogP contribution in [0, 0.1) is 0 Å². The number of fused-ring (bicyclic) bond motifs is 1. The monoisotopic (exact) mass is 413 g/mol. The van der Waals surface area contributed by atoms with Crippen molar-refractivity contribution in [3.8, 4) is 0 Å². The molecule has 146 valence electrons. The molecule has 4 nitrogen and oxygen atoms in total. The van der Waals surface area contributed by atoms with Crippen LogP contribution in [0.1, 0.15) is 35.9 Å². The average Bonchev–Trinajstić information content (AvgIpc) is 3.14. The Labute approximate surface area is 174 Å². The van der Waals surface area contributed by atoms with Gasteiger partial charge in [-0.3, -0.25) is 9.69 Å². The SMILES string of the molecule is O=C(CN1CCCC[C@@H]1c1nc2ccccc2s1)NCCc1ccc(Cl)cc1. The van der Waals surface area contributed by atoms with Gasteiger partial charge in [0.1, 0.15) is 5.01 Å². The molecule has 1 aromatic heterocycles. The lowest BCUT2D eigenvalue weighted by Crippen LogP contribution is -2.42. The molecule has 28 heavy (non-hydrogen) atoms. The molecular weight excluding hydrogens is 390 g/mol. The summed E-state index contributed by atoms with van der Waals surface area (Å²) in [4.78, 5) is 19.6. The summed E-state index contributed by atoms with van der Waals surface area (Å²) in [5, 5.41) is 4.93. The van der Waals surface area contributed by atoms with E-state index in [1.165, 1.54) is 16.7 Å². The molecule has 2 heterocycles. The fourth-order valence-electron chi connectivity index (χ4n) is 3.73. The zero-order chi connectivity index (χ0) is 19.3. The number of benzene rings is 2. The molecule has 1 saturated heterocycles. The standard InChI is InChI=1S/C22H24ClN3OS/c23-17-10-8-16(9-11-17)12-13-24-21(27)15-26-14-4-3-6-19(26)22-25-18-5-1-2-7-20(18)28-22/h1-2,5,7-11,19H,3-4,6,12-15H2,(H,24,27)/t19-/m1/s1. The van der Waals surface area contributed by atoms with E-state index in [1.54, 1.807) is 11.3 Å². The Kier molecular flexibility index (Phi) is 6.25. The Bertz CT molecular complexity index is 907. The summed E-state index contributed by atoms with van der Waals surface area (Å²) in [5.74, 6) is 0.0852. The van der Waals surface area contributed by atoms with E-state index in [4.69, 9.17) is 16.6 Å². The second-order valence-corrected chi connectivity index (χ2v) is 8.73. The summed E-state index contributed by atoms with van der Waals surface area (Å²) in [6, 6.07) is 16.3. The van der Waals surface area contributed by atoms with Crippen molar-refractivity contribution in [2.45, 2.75) is 31.7 Å². The predicted octanol–water partition coefficient (Wildman–Crippen LogP) is 4.84. The summed E-state index contributed by atoms with van der Waals surface area (Å²) < 4.78 is 1.22. The van der Waals surface area contributed by atoms with Gasteiger partial charge in [0.2, 0.25) is 5.91 Å². The maximum Gasteiger partial charge on any atom is 0.234 e. The Morgan fingerprint density at radius 2 is 2.00 bits per heavy atom. The quantitative estimate of drug-likeness (QED) is 0.629. The first kappa shape index (κ1) is 19.4. The highest BCUT2D eigenvalue weighted by atomic mass is 35.5. The fourth-order valence-corrected chi connectivity index (χ4v) is 4.99. The van der Waals surface area contributed by atoms with Crippen LogP contribution in [0.15, 0.2) is 48.5 Å². The van der Waals surface area contributed by atoms with E-state index in [0.717, 1.165) is 41.4 Å². The van der Waals surface area contributed by atoms with Gasteiger partial charge >= 0.3 is 0 Å². The summed E-state index contributed by atoms with van der Waals surface area (Å²) >= 11 is 7.67. The first-order chi connectivity index (χ1) is 13.7. The van der Waals surface area contributed by atoms with Crippen LogP contribution in [-0.4, -0.2) is 35.4 Å². The highest BCUT2D eigenvalue weighted by Gasteiger charge is 2.28. The molecule has 1 fully saturated rings. The molecule has 1 aliphatic heterocycles. The van der Waals surface area contributed by atoms with Gasteiger partial charge in [-0.05, 0) is 55.6 Å². The number of nitrogens with zero attached hydrogens (tertiary/aromatic N) is 2. The molecule has 6 heteroatoms. The van der Waals surface area contributed by atoms with Gasteiger partial charge < -0.3 is 5.32 Å². The third-order valence-corrected chi connectivity index (χ3v) is 6.59. The molecule has 1 atom stereocenters. The lowest BCUT2D eigenvalue weighted by molar-refractivity contribution is -0.123. The minimum Gasteiger partial charge on any atom is -0.355 e. The molecule has 0 aliphatic carbocycles. The lowest BCUT2D eigenvalue weighted by atomic mass is 10.0. The van der Waals surface area contributed by atoms with Crippen molar-refractivity contribution in [2.24, 2.45) is 0 Å². The smallest absolute Gasteiger partial charge is 0.234 e. The maximum absolute atomic E-state index is 12.5. The van der Waals surface area contributed by atoms with Crippen LogP contribution >= 0.6 is 22.9 Å². The zero-order valence-electron chi connectivity index (χ0n) is 15.7. The third-order valence-electron chi connectivity index (χ3n) is 5.20.